The van der Waals surface area contributed by atoms with Crippen molar-refractivity contribution in [2.24, 2.45) is 13.0 Å². The van der Waals surface area contributed by atoms with E-state index in [0.717, 1.165) is 46.0 Å². The molecule has 2 aliphatic rings. The van der Waals surface area contributed by atoms with Crippen molar-refractivity contribution in [3.63, 3.8) is 0 Å². The minimum atomic E-state index is -0.318. The van der Waals surface area contributed by atoms with Gasteiger partial charge >= 0.3 is 0 Å². The summed E-state index contributed by atoms with van der Waals surface area (Å²) in [5.74, 6) is -0.423. The van der Waals surface area contributed by atoms with Gasteiger partial charge in [0.15, 0.2) is 0 Å². The van der Waals surface area contributed by atoms with Gasteiger partial charge in [0, 0.05) is 66.9 Å². The lowest BCUT2D eigenvalue weighted by atomic mass is 9.95. The lowest BCUT2D eigenvalue weighted by Crippen LogP contribution is -2.34. The van der Waals surface area contributed by atoms with Crippen molar-refractivity contribution < 1.29 is 14.4 Å². The smallest absolute Gasteiger partial charge is 0.266 e. The second kappa shape index (κ2) is 7.98. The first-order valence-corrected chi connectivity index (χ1v) is 11.9. The van der Waals surface area contributed by atoms with E-state index in [9.17, 15) is 14.4 Å². The van der Waals surface area contributed by atoms with E-state index in [1.165, 1.54) is 17.9 Å². The fourth-order valence-electron chi connectivity index (χ4n) is 5.63. The van der Waals surface area contributed by atoms with Gasteiger partial charge in [-0.15, -0.1) is 0 Å². The number of amides is 3. The summed E-state index contributed by atoms with van der Waals surface area (Å²) >= 11 is 0. The molecule has 4 aromatic rings. The van der Waals surface area contributed by atoms with Gasteiger partial charge in [-0.25, -0.2) is 4.90 Å². The van der Waals surface area contributed by atoms with Crippen LogP contribution in [0.4, 0.5) is 5.69 Å². The molecule has 0 fully saturated rings. The number of carbonyl (C=O) groups is 3. The van der Waals surface area contributed by atoms with E-state index in [0.29, 0.717) is 24.2 Å². The number of carbonyl (C=O) groups excluding carboxylic acids is 3. The van der Waals surface area contributed by atoms with Crippen molar-refractivity contribution in [3.8, 4) is 0 Å². The molecule has 0 spiro atoms. The van der Waals surface area contributed by atoms with Gasteiger partial charge in [0.1, 0.15) is 0 Å². The fraction of sp³-hybridized carbons (Fsp3) is 0.250. The summed E-state index contributed by atoms with van der Waals surface area (Å²) in [5, 5.41) is 4.77. The standard InChI is InChI=1S/C28H26N4O3/c1-17(33)29-15-18-11-12-31-24-10-6-4-8-20(24)27(25(31)13-18)32-26(34)14-21(28(32)35)22-16-30(2)23-9-5-3-7-19(22)23/h3-10,14,16,18H,11-13,15H2,1-2H3,(H,29,33). The molecule has 1 N–H and O–H groups in total. The monoisotopic (exact) mass is 466 g/mol. The maximum absolute atomic E-state index is 13.9. The number of hydrogen-bond acceptors (Lipinski definition) is 3. The molecule has 35 heavy (non-hydrogen) atoms. The van der Waals surface area contributed by atoms with Crippen molar-refractivity contribution in [1.29, 1.82) is 0 Å². The van der Waals surface area contributed by atoms with Gasteiger partial charge in [-0.1, -0.05) is 36.4 Å². The summed E-state index contributed by atoms with van der Waals surface area (Å²) in [6.07, 6.45) is 5.00. The number of rotatable bonds is 4. The van der Waals surface area contributed by atoms with Crippen molar-refractivity contribution in [3.05, 3.63) is 72.1 Å². The zero-order valence-corrected chi connectivity index (χ0v) is 19.7. The topological polar surface area (TPSA) is 76.3 Å². The molecule has 0 saturated carbocycles. The van der Waals surface area contributed by atoms with Gasteiger partial charge < -0.3 is 14.5 Å². The van der Waals surface area contributed by atoms with Crippen LogP contribution >= 0.6 is 0 Å². The predicted molar refractivity (Wildman–Crippen MR) is 136 cm³/mol. The third-order valence-electron chi connectivity index (χ3n) is 7.26. The van der Waals surface area contributed by atoms with E-state index in [-0.39, 0.29) is 23.6 Å². The van der Waals surface area contributed by atoms with E-state index >= 15 is 0 Å². The van der Waals surface area contributed by atoms with Crippen LogP contribution in [0.5, 0.6) is 0 Å². The normalized spacial score (nSPS) is 17.8. The summed E-state index contributed by atoms with van der Waals surface area (Å²) in [6.45, 7) is 2.88. The van der Waals surface area contributed by atoms with Gasteiger partial charge in [-0.2, -0.15) is 0 Å². The van der Waals surface area contributed by atoms with Gasteiger partial charge in [-0.05, 0) is 30.9 Å². The molecule has 0 aliphatic carbocycles. The average Bonchev–Trinajstić information content (AvgIpc) is 3.46. The van der Waals surface area contributed by atoms with Gasteiger partial charge in [0.05, 0.1) is 16.8 Å². The molecule has 0 radical (unpaired) electrons. The Labute approximate surface area is 202 Å². The number of aromatic nitrogens is 2. The Morgan fingerprint density at radius 1 is 1.03 bits per heavy atom. The Morgan fingerprint density at radius 2 is 1.74 bits per heavy atom. The molecule has 176 valence electrons. The fourth-order valence-corrected chi connectivity index (χ4v) is 5.63. The lowest BCUT2D eigenvalue weighted by Gasteiger charge is -2.27. The molecule has 0 bridgehead atoms. The zero-order chi connectivity index (χ0) is 24.3. The predicted octanol–water partition coefficient (Wildman–Crippen LogP) is 3.79. The Morgan fingerprint density at radius 3 is 2.51 bits per heavy atom. The van der Waals surface area contributed by atoms with Crippen LogP contribution in [0.1, 0.15) is 24.6 Å². The van der Waals surface area contributed by atoms with E-state index < -0.39 is 0 Å². The summed E-state index contributed by atoms with van der Waals surface area (Å²) in [4.78, 5) is 40.1. The second-order valence-corrected chi connectivity index (χ2v) is 9.47. The highest BCUT2D eigenvalue weighted by molar-refractivity contribution is 6.45. The SMILES string of the molecule is CC(=O)NCC1CCn2c(c(N3C(=O)C=C(c4cn(C)c5ccccc45)C3=O)c3ccccc32)C1. The molecule has 7 heteroatoms. The van der Waals surface area contributed by atoms with E-state index in [1.54, 1.807) is 0 Å². The third kappa shape index (κ3) is 3.30. The maximum atomic E-state index is 13.9. The summed E-state index contributed by atoms with van der Waals surface area (Å²) in [5.41, 5.74) is 4.87. The molecule has 6 rings (SSSR count). The Balaban J connectivity index is 1.44. The first-order chi connectivity index (χ1) is 16.9. The molecule has 4 heterocycles. The largest absolute Gasteiger partial charge is 0.356 e. The molecular formula is C28H26N4O3. The number of nitrogens with one attached hydrogen (secondary N) is 1. The maximum Gasteiger partial charge on any atom is 0.266 e. The lowest BCUT2D eigenvalue weighted by molar-refractivity contribution is -0.120. The number of fused-ring (bicyclic) bond motifs is 4. The third-order valence-corrected chi connectivity index (χ3v) is 7.26. The number of para-hydroxylation sites is 2. The Bertz CT molecular complexity index is 1570. The number of imide groups is 1. The quantitative estimate of drug-likeness (QED) is 0.465. The summed E-state index contributed by atoms with van der Waals surface area (Å²) in [7, 11) is 1.94. The number of hydrogen-bond donors (Lipinski definition) is 1. The molecular weight excluding hydrogens is 440 g/mol. The zero-order valence-electron chi connectivity index (χ0n) is 19.7. The Kier molecular flexibility index (Phi) is 4.88. The number of benzene rings is 2. The van der Waals surface area contributed by atoms with Crippen LogP contribution < -0.4 is 10.2 Å². The molecule has 0 saturated heterocycles. The van der Waals surface area contributed by atoms with Gasteiger partial charge in [-0.3, -0.25) is 14.4 Å². The molecule has 3 amide bonds. The van der Waals surface area contributed by atoms with Crippen molar-refractivity contribution >= 4 is 50.8 Å². The van der Waals surface area contributed by atoms with Gasteiger partial charge in [0.25, 0.3) is 11.8 Å². The van der Waals surface area contributed by atoms with Crippen LogP contribution in [0, 0.1) is 5.92 Å². The molecule has 2 aromatic carbocycles. The summed E-state index contributed by atoms with van der Waals surface area (Å²) < 4.78 is 4.21. The average molecular weight is 467 g/mol. The highest BCUT2D eigenvalue weighted by Crippen LogP contribution is 2.42. The van der Waals surface area contributed by atoms with Crippen LogP contribution in [0.3, 0.4) is 0 Å². The number of nitrogens with zero attached hydrogens (tertiary/aromatic N) is 3. The molecule has 2 aromatic heterocycles. The summed E-state index contributed by atoms with van der Waals surface area (Å²) in [6, 6.07) is 15.8. The van der Waals surface area contributed by atoms with Crippen molar-refractivity contribution in [1.82, 2.24) is 14.5 Å². The first kappa shape index (κ1) is 21.4. The highest BCUT2D eigenvalue weighted by atomic mass is 16.2. The van der Waals surface area contributed by atoms with E-state index in [4.69, 9.17) is 0 Å². The van der Waals surface area contributed by atoms with Crippen molar-refractivity contribution in [2.75, 3.05) is 11.4 Å². The van der Waals surface area contributed by atoms with E-state index in [2.05, 4.69) is 9.88 Å². The van der Waals surface area contributed by atoms with Crippen molar-refractivity contribution in [2.45, 2.75) is 26.3 Å². The number of aryl methyl sites for hydroxylation is 2. The van der Waals surface area contributed by atoms with Crippen LogP contribution in [-0.2, 0) is 34.4 Å². The first-order valence-electron chi connectivity index (χ1n) is 11.9. The van der Waals surface area contributed by atoms with Crippen LogP contribution in [0.25, 0.3) is 27.4 Å². The number of anilines is 1. The minimum Gasteiger partial charge on any atom is -0.356 e. The molecule has 7 nitrogen and oxygen atoms in total. The molecule has 2 aliphatic heterocycles. The Hall–Kier alpha value is -4.13. The second-order valence-electron chi connectivity index (χ2n) is 9.47. The van der Waals surface area contributed by atoms with Crippen LogP contribution in [-0.4, -0.2) is 33.4 Å². The van der Waals surface area contributed by atoms with Crippen LogP contribution in [0.2, 0.25) is 0 Å². The highest BCUT2D eigenvalue weighted by Gasteiger charge is 2.39. The minimum absolute atomic E-state index is 0.0508. The van der Waals surface area contributed by atoms with Gasteiger partial charge in [0.2, 0.25) is 5.91 Å². The molecule has 1 unspecified atom stereocenters. The molecule has 1 atom stereocenters. The van der Waals surface area contributed by atoms with Crippen LogP contribution in [0.15, 0.2) is 60.8 Å². The van der Waals surface area contributed by atoms with E-state index in [1.807, 2.05) is 66.3 Å².